The lowest BCUT2D eigenvalue weighted by Crippen LogP contribution is -2.27. The van der Waals surface area contributed by atoms with Gasteiger partial charge in [0, 0.05) is 24.5 Å². The molecule has 1 aromatic heterocycles. The van der Waals surface area contributed by atoms with E-state index in [1.807, 2.05) is 31.2 Å². The topological polar surface area (TPSA) is 82.5 Å². The zero-order chi connectivity index (χ0) is 15.4. The van der Waals surface area contributed by atoms with Gasteiger partial charge in [0.2, 0.25) is 5.91 Å². The molecule has 0 spiro atoms. The first kappa shape index (κ1) is 15.4. The molecule has 1 amide bonds. The van der Waals surface area contributed by atoms with Gasteiger partial charge in [0.15, 0.2) is 0 Å². The van der Waals surface area contributed by atoms with Crippen LogP contribution in [0.15, 0.2) is 30.3 Å². The molecule has 2 rings (SSSR count). The Balaban J connectivity index is 2.09. The number of pyridine rings is 1. The minimum Gasteiger partial charge on any atom is -0.390 e. The van der Waals surface area contributed by atoms with Crippen LogP contribution in [0.2, 0.25) is 0 Å². The standard InChI is InChI=1S/C16H20N2O3/c1-10-3-4-12-9-13(5-6-14(12)18-10)16(21)15(20)7-8-17-11(2)19/h3-6,9,15-16,20-21H,7-8H2,1-2H3,(H,17,19). The molecule has 2 unspecified atom stereocenters. The molecule has 5 nitrogen and oxygen atoms in total. The normalized spacial score (nSPS) is 13.9. The van der Waals surface area contributed by atoms with Crippen LogP contribution in [0.1, 0.15) is 30.7 Å². The lowest BCUT2D eigenvalue weighted by atomic mass is 10.00. The molecule has 112 valence electrons. The van der Waals surface area contributed by atoms with Gasteiger partial charge in [-0.1, -0.05) is 12.1 Å². The average Bonchev–Trinajstić information content (AvgIpc) is 2.45. The summed E-state index contributed by atoms with van der Waals surface area (Å²) in [5, 5.41) is 23.7. The lowest BCUT2D eigenvalue weighted by Gasteiger charge is -2.18. The van der Waals surface area contributed by atoms with Crippen LogP contribution in [0, 0.1) is 6.92 Å². The number of aromatic nitrogens is 1. The number of aliphatic hydroxyl groups is 2. The summed E-state index contributed by atoms with van der Waals surface area (Å²) in [4.78, 5) is 15.2. The molecular weight excluding hydrogens is 268 g/mol. The molecule has 0 aliphatic rings. The Morgan fingerprint density at radius 3 is 2.76 bits per heavy atom. The minimum absolute atomic E-state index is 0.149. The maximum absolute atomic E-state index is 10.8. The van der Waals surface area contributed by atoms with Crippen LogP contribution >= 0.6 is 0 Å². The molecule has 0 bridgehead atoms. The van der Waals surface area contributed by atoms with Gasteiger partial charge >= 0.3 is 0 Å². The molecule has 1 aromatic carbocycles. The quantitative estimate of drug-likeness (QED) is 0.778. The minimum atomic E-state index is -0.982. The fourth-order valence-electron chi connectivity index (χ4n) is 2.21. The van der Waals surface area contributed by atoms with Gasteiger partial charge in [-0.2, -0.15) is 0 Å². The Morgan fingerprint density at radius 1 is 1.29 bits per heavy atom. The monoisotopic (exact) mass is 288 g/mol. The summed E-state index contributed by atoms with van der Waals surface area (Å²) in [6.07, 6.45) is -1.61. The van der Waals surface area contributed by atoms with E-state index in [1.54, 1.807) is 6.07 Å². The van der Waals surface area contributed by atoms with E-state index in [0.29, 0.717) is 18.5 Å². The van der Waals surface area contributed by atoms with E-state index in [0.717, 1.165) is 16.6 Å². The number of carbonyl (C=O) groups excluding carboxylic acids is 1. The summed E-state index contributed by atoms with van der Waals surface area (Å²) in [5.41, 5.74) is 2.44. The fraction of sp³-hybridized carbons (Fsp3) is 0.375. The summed E-state index contributed by atoms with van der Waals surface area (Å²) >= 11 is 0. The number of nitrogens with one attached hydrogen (secondary N) is 1. The van der Waals surface area contributed by atoms with Crippen molar-refractivity contribution in [2.24, 2.45) is 0 Å². The Hall–Kier alpha value is -1.98. The van der Waals surface area contributed by atoms with Crippen molar-refractivity contribution in [3.05, 3.63) is 41.6 Å². The van der Waals surface area contributed by atoms with Gasteiger partial charge in [0.1, 0.15) is 6.10 Å². The molecule has 21 heavy (non-hydrogen) atoms. The van der Waals surface area contributed by atoms with Gasteiger partial charge in [-0.05, 0) is 37.1 Å². The molecule has 0 aliphatic carbocycles. The van der Waals surface area contributed by atoms with E-state index in [9.17, 15) is 15.0 Å². The van der Waals surface area contributed by atoms with Gasteiger partial charge in [-0.3, -0.25) is 9.78 Å². The van der Waals surface area contributed by atoms with Gasteiger partial charge in [-0.15, -0.1) is 0 Å². The van der Waals surface area contributed by atoms with Crippen molar-refractivity contribution < 1.29 is 15.0 Å². The van der Waals surface area contributed by atoms with E-state index in [-0.39, 0.29) is 5.91 Å². The number of fused-ring (bicyclic) bond motifs is 1. The highest BCUT2D eigenvalue weighted by Gasteiger charge is 2.18. The fourth-order valence-corrected chi connectivity index (χ4v) is 2.21. The summed E-state index contributed by atoms with van der Waals surface area (Å²) in [6.45, 7) is 3.68. The number of hydrogen-bond acceptors (Lipinski definition) is 4. The first-order valence-corrected chi connectivity index (χ1v) is 6.95. The number of rotatable bonds is 5. The third kappa shape index (κ3) is 4.00. The third-order valence-electron chi connectivity index (χ3n) is 3.37. The van der Waals surface area contributed by atoms with Crippen molar-refractivity contribution in [2.45, 2.75) is 32.5 Å². The van der Waals surface area contributed by atoms with Crippen molar-refractivity contribution in [2.75, 3.05) is 6.54 Å². The Kier molecular flexibility index (Phi) is 4.88. The number of aryl methyl sites for hydroxylation is 1. The van der Waals surface area contributed by atoms with E-state index in [1.165, 1.54) is 6.92 Å². The second-order valence-corrected chi connectivity index (χ2v) is 5.19. The molecule has 1 heterocycles. The summed E-state index contributed by atoms with van der Waals surface area (Å²) in [7, 11) is 0. The largest absolute Gasteiger partial charge is 0.390 e. The highest BCUT2D eigenvalue weighted by molar-refractivity contribution is 5.79. The highest BCUT2D eigenvalue weighted by atomic mass is 16.3. The SMILES string of the molecule is CC(=O)NCCC(O)C(O)c1ccc2nc(C)ccc2c1. The predicted molar refractivity (Wildman–Crippen MR) is 80.7 cm³/mol. The molecule has 2 atom stereocenters. The Morgan fingerprint density at radius 2 is 2.05 bits per heavy atom. The molecule has 2 aromatic rings. The maximum Gasteiger partial charge on any atom is 0.216 e. The highest BCUT2D eigenvalue weighted by Crippen LogP contribution is 2.23. The van der Waals surface area contributed by atoms with Crippen molar-refractivity contribution in [3.8, 4) is 0 Å². The molecule has 0 saturated heterocycles. The van der Waals surface area contributed by atoms with Crippen LogP contribution in [0.4, 0.5) is 0 Å². The predicted octanol–water partition coefficient (Wildman–Crippen LogP) is 1.46. The molecule has 0 radical (unpaired) electrons. The van der Waals surface area contributed by atoms with E-state index in [4.69, 9.17) is 0 Å². The average molecular weight is 288 g/mol. The summed E-state index contributed by atoms with van der Waals surface area (Å²) in [6, 6.07) is 9.28. The first-order chi connectivity index (χ1) is 9.97. The number of hydrogen-bond donors (Lipinski definition) is 3. The van der Waals surface area contributed by atoms with E-state index < -0.39 is 12.2 Å². The number of amides is 1. The summed E-state index contributed by atoms with van der Waals surface area (Å²) in [5.74, 6) is -0.149. The van der Waals surface area contributed by atoms with Gasteiger partial charge in [0.05, 0.1) is 11.6 Å². The maximum atomic E-state index is 10.8. The number of benzene rings is 1. The molecule has 3 N–H and O–H groups in total. The van der Waals surface area contributed by atoms with E-state index >= 15 is 0 Å². The van der Waals surface area contributed by atoms with Gasteiger partial charge in [-0.25, -0.2) is 0 Å². The zero-order valence-electron chi connectivity index (χ0n) is 12.2. The first-order valence-electron chi connectivity index (χ1n) is 6.95. The number of nitrogens with zero attached hydrogens (tertiary/aromatic N) is 1. The third-order valence-corrected chi connectivity index (χ3v) is 3.37. The smallest absolute Gasteiger partial charge is 0.216 e. The number of carbonyl (C=O) groups is 1. The van der Waals surface area contributed by atoms with Crippen LogP contribution in [-0.2, 0) is 4.79 Å². The molecule has 0 fully saturated rings. The second kappa shape index (κ2) is 6.65. The van der Waals surface area contributed by atoms with Crippen molar-refractivity contribution >= 4 is 16.8 Å². The Labute approximate surface area is 123 Å². The van der Waals surface area contributed by atoms with Crippen LogP contribution in [0.3, 0.4) is 0 Å². The van der Waals surface area contributed by atoms with Crippen LogP contribution < -0.4 is 5.32 Å². The molecule has 0 saturated carbocycles. The van der Waals surface area contributed by atoms with Crippen LogP contribution in [0.25, 0.3) is 10.9 Å². The Bertz CT molecular complexity index is 642. The van der Waals surface area contributed by atoms with Crippen molar-refractivity contribution in [3.63, 3.8) is 0 Å². The van der Waals surface area contributed by atoms with Crippen molar-refractivity contribution in [1.29, 1.82) is 0 Å². The summed E-state index contributed by atoms with van der Waals surface area (Å²) < 4.78 is 0. The van der Waals surface area contributed by atoms with Gasteiger partial charge < -0.3 is 15.5 Å². The molecule has 0 aliphatic heterocycles. The van der Waals surface area contributed by atoms with Crippen molar-refractivity contribution in [1.82, 2.24) is 10.3 Å². The van der Waals surface area contributed by atoms with Crippen LogP contribution in [-0.4, -0.2) is 33.8 Å². The zero-order valence-corrected chi connectivity index (χ0v) is 12.2. The lowest BCUT2D eigenvalue weighted by molar-refractivity contribution is -0.119. The van der Waals surface area contributed by atoms with Crippen LogP contribution in [0.5, 0.6) is 0 Å². The second-order valence-electron chi connectivity index (χ2n) is 5.19. The molecule has 5 heteroatoms. The molecular formula is C16H20N2O3. The van der Waals surface area contributed by atoms with E-state index in [2.05, 4.69) is 10.3 Å². The number of aliphatic hydroxyl groups excluding tert-OH is 2. The van der Waals surface area contributed by atoms with Gasteiger partial charge in [0.25, 0.3) is 0 Å².